The lowest BCUT2D eigenvalue weighted by Crippen LogP contribution is -2.25. The van der Waals surface area contributed by atoms with Crippen LogP contribution < -0.4 is 15.4 Å². The van der Waals surface area contributed by atoms with Gasteiger partial charge in [-0.1, -0.05) is 6.92 Å². The molecule has 1 heterocycles. The largest absolute Gasteiger partial charge is 0.397 e. The lowest BCUT2D eigenvalue weighted by molar-refractivity contribution is 0.0572. The molecule has 112 valence electrons. The van der Waals surface area contributed by atoms with E-state index in [4.69, 9.17) is 5.73 Å². The SMILES string of the molecule is CCNS(=O)(=O)c1ccc(N)c(N2CC(O)C(O)C2)c1. The van der Waals surface area contributed by atoms with Gasteiger partial charge >= 0.3 is 0 Å². The van der Waals surface area contributed by atoms with Gasteiger partial charge in [0.1, 0.15) is 0 Å². The van der Waals surface area contributed by atoms with Crippen LogP contribution in [0.3, 0.4) is 0 Å². The van der Waals surface area contributed by atoms with E-state index in [1.54, 1.807) is 11.8 Å². The Kier molecular flexibility index (Phi) is 4.19. The Bertz CT molecular complexity index is 580. The second-order valence-corrected chi connectivity index (χ2v) is 6.53. The fraction of sp³-hybridized carbons (Fsp3) is 0.500. The zero-order valence-electron chi connectivity index (χ0n) is 11.2. The maximum absolute atomic E-state index is 12.0. The average Bonchev–Trinajstić information content (AvgIpc) is 2.69. The molecule has 1 fully saturated rings. The standard InChI is InChI=1S/C12H19N3O4S/c1-2-14-20(18,19)8-3-4-9(13)10(5-8)15-6-11(16)12(17)7-15/h3-5,11-12,14,16-17H,2,6-7,13H2,1H3. The second kappa shape index (κ2) is 5.57. The van der Waals surface area contributed by atoms with Crippen LogP contribution >= 0.6 is 0 Å². The Balaban J connectivity index is 2.35. The Hall–Kier alpha value is -1.35. The molecule has 0 amide bonds. The van der Waals surface area contributed by atoms with E-state index >= 15 is 0 Å². The summed E-state index contributed by atoms with van der Waals surface area (Å²) in [5.41, 5.74) is 6.76. The summed E-state index contributed by atoms with van der Waals surface area (Å²) in [6, 6.07) is 4.40. The maximum Gasteiger partial charge on any atom is 0.240 e. The summed E-state index contributed by atoms with van der Waals surface area (Å²) < 4.78 is 26.3. The third kappa shape index (κ3) is 2.88. The zero-order valence-corrected chi connectivity index (χ0v) is 12.0. The molecule has 1 saturated heterocycles. The van der Waals surface area contributed by atoms with Crippen molar-refractivity contribution in [3.8, 4) is 0 Å². The summed E-state index contributed by atoms with van der Waals surface area (Å²) in [6.45, 7) is 2.43. The number of nitrogen functional groups attached to an aromatic ring is 1. The smallest absolute Gasteiger partial charge is 0.240 e. The van der Waals surface area contributed by atoms with Gasteiger partial charge in [0.15, 0.2) is 0 Å². The van der Waals surface area contributed by atoms with Gasteiger partial charge in [0, 0.05) is 19.6 Å². The maximum atomic E-state index is 12.0. The van der Waals surface area contributed by atoms with Crippen molar-refractivity contribution in [2.75, 3.05) is 30.3 Å². The van der Waals surface area contributed by atoms with Gasteiger partial charge in [0.2, 0.25) is 10.0 Å². The first-order chi connectivity index (χ1) is 9.35. The van der Waals surface area contributed by atoms with E-state index in [-0.39, 0.29) is 18.0 Å². The first-order valence-corrected chi connectivity index (χ1v) is 7.83. The summed E-state index contributed by atoms with van der Waals surface area (Å²) in [4.78, 5) is 1.79. The summed E-state index contributed by atoms with van der Waals surface area (Å²) in [7, 11) is -3.56. The highest BCUT2D eigenvalue weighted by molar-refractivity contribution is 7.89. The zero-order chi connectivity index (χ0) is 14.9. The molecule has 20 heavy (non-hydrogen) atoms. The molecule has 0 radical (unpaired) electrons. The summed E-state index contributed by atoms with van der Waals surface area (Å²) in [6.07, 6.45) is -1.72. The molecule has 0 aromatic heterocycles. The highest BCUT2D eigenvalue weighted by Crippen LogP contribution is 2.29. The van der Waals surface area contributed by atoms with Crippen molar-refractivity contribution in [3.05, 3.63) is 18.2 Å². The number of anilines is 2. The number of hydrogen-bond donors (Lipinski definition) is 4. The third-order valence-corrected chi connectivity index (χ3v) is 4.79. The molecule has 2 rings (SSSR count). The monoisotopic (exact) mass is 301 g/mol. The summed E-state index contributed by atoms with van der Waals surface area (Å²) in [5.74, 6) is 0. The predicted octanol–water partition coefficient (Wildman–Crippen LogP) is -0.891. The lowest BCUT2D eigenvalue weighted by atomic mass is 10.2. The van der Waals surface area contributed by atoms with Crippen LogP contribution in [0.5, 0.6) is 0 Å². The number of benzene rings is 1. The molecular formula is C12H19N3O4S. The topological polar surface area (TPSA) is 116 Å². The number of nitrogens with two attached hydrogens (primary N) is 1. The molecule has 2 unspecified atom stereocenters. The van der Waals surface area contributed by atoms with Crippen molar-refractivity contribution in [2.24, 2.45) is 0 Å². The Morgan fingerprint density at radius 2 is 1.95 bits per heavy atom. The predicted molar refractivity (Wildman–Crippen MR) is 75.9 cm³/mol. The summed E-state index contributed by atoms with van der Waals surface area (Å²) in [5, 5.41) is 19.1. The Morgan fingerprint density at radius 1 is 1.35 bits per heavy atom. The Labute approximate surface area is 118 Å². The average molecular weight is 301 g/mol. The van der Waals surface area contributed by atoms with E-state index in [2.05, 4.69) is 4.72 Å². The molecule has 1 aromatic carbocycles. The van der Waals surface area contributed by atoms with Crippen LogP contribution in [0.15, 0.2) is 23.1 Å². The van der Waals surface area contributed by atoms with Gasteiger partial charge in [-0.2, -0.15) is 0 Å². The number of aliphatic hydroxyl groups is 2. The van der Waals surface area contributed by atoms with Crippen LogP contribution in [-0.2, 0) is 10.0 Å². The minimum absolute atomic E-state index is 0.111. The van der Waals surface area contributed by atoms with Crippen LogP contribution in [-0.4, -0.2) is 50.5 Å². The first kappa shape index (κ1) is 15.0. The van der Waals surface area contributed by atoms with E-state index in [1.165, 1.54) is 18.2 Å². The van der Waals surface area contributed by atoms with Crippen LogP contribution in [0, 0.1) is 0 Å². The van der Waals surface area contributed by atoms with E-state index in [0.29, 0.717) is 17.9 Å². The van der Waals surface area contributed by atoms with Gasteiger partial charge in [0.25, 0.3) is 0 Å². The highest BCUT2D eigenvalue weighted by atomic mass is 32.2. The molecule has 1 aliphatic rings. The molecule has 2 atom stereocenters. The van der Waals surface area contributed by atoms with Gasteiger partial charge in [-0.05, 0) is 18.2 Å². The van der Waals surface area contributed by atoms with Crippen molar-refractivity contribution in [1.82, 2.24) is 4.72 Å². The molecule has 1 aliphatic heterocycles. The van der Waals surface area contributed by atoms with Gasteiger partial charge in [-0.3, -0.25) is 0 Å². The lowest BCUT2D eigenvalue weighted by Gasteiger charge is -2.20. The van der Waals surface area contributed by atoms with E-state index < -0.39 is 22.2 Å². The van der Waals surface area contributed by atoms with Crippen molar-refractivity contribution >= 4 is 21.4 Å². The number of sulfonamides is 1. The molecule has 5 N–H and O–H groups in total. The molecule has 0 aliphatic carbocycles. The van der Waals surface area contributed by atoms with Crippen molar-refractivity contribution < 1.29 is 18.6 Å². The first-order valence-electron chi connectivity index (χ1n) is 6.35. The number of rotatable bonds is 4. The van der Waals surface area contributed by atoms with Gasteiger partial charge in [-0.25, -0.2) is 13.1 Å². The molecule has 8 heteroatoms. The molecule has 7 nitrogen and oxygen atoms in total. The minimum Gasteiger partial charge on any atom is -0.397 e. The van der Waals surface area contributed by atoms with Crippen molar-refractivity contribution in [3.63, 3.8) is 0 Å². The molecule has 1 aromatic rings. The van der Waals surface area contributed by atoms with Crippen molar-refractivity contribution in [2.45, 2.75) is 24.0 Å². The van der Waals surface area contributed by atoms with E-state index in [1.807, 2.05) is 0 Å². The van der Waals surface area contributed by atoms with Crippen molar-refractivity contribution in [1.29, 1.82) is 0 Å². The Morgan fingerprint density at radius 3 is 2.50 bits per heavy atom. The number of nitrogens with zero attached hydrogens (tertiary/aromatic N) is 1. The summed E-state index contributed by atoms with van der Waals surface area (Å²) >= 11 is 0. The minimum atomic E-state index is -3.56. The number of β-amino-alcohol motifs (C(OH)–C–C–N with tert-alkyl or cyclic N) is 2. The van der Waals surface area contributed by atoms with Gasteiger partial charge < -0.3 is 20.8 Å². The molecule has 0 saturated carbocycles. The van der Waals surface area contributed by atoms with Gasteiger partial charge in [0.05, 0.1) is 28.5 Å². The van der Waals surface area contributed by atoms with Crippen LogP contribution in [0.1, 0.15) is 6.92 Å². The highest BCUT2D eigenvalue weighted by Gasteiger charge is 2.31. The van der Waals surface area contributed by atoms with Crippen LogP contribution in [0.4, 0.5) is 11.4 Å². The van der Waals surface area contributed by atoms with E-state index in [0.717, 1.165) is 0 Å². The number of nitrogens with one attached hydrogen (secondary N) is 1. The third-order valence-electron chi connectivity index (χ3n) is 3.25. The molecular weight excluding hydrogens is 282 g/mol. The van der Waals surface area contributed by atoms with Crippen LogP contribution in [0.25, 0.3) is 0 Å². The second-order valence-electron chi connectivity index (χ2n) is 4.76. The quantitative estimate of drug-likeness (QED) is 0.536. The molecule has 0 bridgehead atoms. The normalized spacial score (nSPS) is 23.2. The molecule has 0 spiro atoms. The van der Waals surface area contributed by atoms with Gasteiger partial charge in [-0.15, -0.1) is 0 Å². The fourth-order valence-corrected chi connectivity index (χ4v) is 3.26. The van der Waals surface area contributed by atoms with E-state index in [9.17, 15) is 18.6 Å². The number of aliphatic hydroxyl groups excluding tert-OH is 2. The number of hydrogen-bond acceptors (Lipinski definition) is 6. The van der Waals surface area contributed by atoms with Crippen LogP contribution in [0.2, 0.25) is 0 Å². The fourth-order valence-electron chi connectivity index (χ4n) is 2.20.